The molecule has 2 atom stereocenters. The average molecular weight is 448 g/mol. The van der Waals surface area contributed by atoms with Gasteiger partial charge in [-0.1, -0.05) is 78.3 Å². The van der Waals surface area contributed by atoms with Crippen molar-refractivity contribution in [1.29, 1.82) is 0 Å². The van der Waals surface area contributed by atoms with E-state index in [9.17, 15) is 0 Å². The van der Waals surface area contributed by atoms with Gasteiger partial charge in [0.25, 0.3) is 0 Å². The number of fused-ring (bicyclic) bond motifs is 1. The quantitative estimate of drug-likeness (QED) is 0.276. The van der Waals surface area contributed by atoms with E-state index in [0.717, 1.165) is 36.0 Å². The Labute approximate surface area is 168 Å². The maximum atomic E-state index is 6.51. The fraction of sp³-hybridized carbons (Fsp3) is 0.500. The van der Waals surface area contributed by atoms with E-state index in [0.29, 0.717) is 10.8 Å². The highest BCUT2D eigenvalue weighted by Crippen LogP contribution is 2.36. The Balaban J connectivity index is 2.07. The molecule has 0 spiro atoms. The van der Waals surface area contributed by atoms with Crippen molar-refractivity contribution in [3.05, 3.63) is 35.4 Å². The molecule has 0 aromatic heterocycles. The number of benzene rings is 2. The van der Waals surface area contributed by atoms with Gasteiger partial charge in [-0.2, -0.15) is 0 Å². The Morgan fingerprint density at radius 1 is 1.08 bits per heavy atom. The smallest absolute Gasteiger partial charge is 0.184 e. The highest BCUT2D eigenvalue weighted by molar-refractivity contribution is 9.09. The summed E-state index contributed by atoms with van der Waals surface area (Å²) < 4.78 is 11.6. The highest BCUT2D eigenvalue weighted by Gasteiger charge is 2.18. The predicted octanol–water partition coefficient (Wildman–Crippen LogP) is 7.57. The second-order valence-electron chi connectivity index (χ2n) is 6.06. The molecule has 25 heavy (non-hydrogen) atoms. The van der Waals surface area contributed by atoms with Crippen LogP contribution in [0.2, 0.25) is 5.02 Å². The van der Waals surface area contributed by atoms with Crippen LogP contribution in [0, 0.1) is 0 Å². The van der Waals surface area contributed by atoms with Gasteiger partial charge >= 0.3 is 0 Å². The van der Waals surface area contributed by atoms with Crippen LogP contribution in [0.3, 0.4) is 0 Å². The van der Waals surface area contributed by atoms with Crippen LogP contribution in [0.1, 0.15) is 46.0 Å². The zero-order chi connectivity index (χ0) is 18.2. The van der Waals surface area contributed by atoms with Gasteiger partial charge in [-0.15, -0.1) is 0 Å². The van der Waals surface area contributed by atoms with Gasteiger partial charge in [0.05, 0.1) is 16.5 Å². The summed E-state index contributed by atoms with van der Waals surface area (Å²) in [5.74, 6) is 1.47. The van der Waals surface area contributed by atoms with Crippen molar-refractivity contribution >= 4 is 49.9 Å². The van der Waals surface area contributed by atoms with E-state index in [4.69, 9.17) is 32.7 Å². The molecular weight excluding hydrogens is 423 g/mol. The van der Waals surface area contributed by atoms with Crippen LogP contribution in [0.25, 0.3) is 10.8 Å². The standard InChI is InChI=1S/C20H25BrCl2O2/c1-3-5-6-7-12-24-15-9-10-16-14(13-15)8-11-18(19(16)22)25-20(23)17(21)4-2/h8-11,13,17,20H,3-7,12H2,1-2H3. The topological polar surface area (TPSA) is 18.5 Å². The molecule has 5 heteroatoms. The van der Waals surface area contributed by atoms with Crippen molar-refractivity contribution in [3.63, 3.8) is 0 Å². The van der Waals surface area contributed by atoms with Gasteiger partial charge in [0.2, 0.25) is 0 Å². The number of alkyl halides is 2. The summed E-state index contributed by atoms with van der Waals surface area (Å²) in [4.78, 5) is 0.0735. The van der Waals surface area contributed by atoms with E-state index in [-0.39, 0.29) is 4.83 Å². The number of hydrogen-bond donors (Lipinski definition) is 0. The molecule has 0 heterocycles. The molecule has 0 aliphatic rings. The average Bonchev–Trinajstić information content (AvgIpc) is 2.63. The van der Waals surface area contributed by atoms with E-state index < -0.39 is 5.56 Å². The molecule has 0 radical (unpaired) electrons. The first-order valence-electron chi connectivity index (χ1n) is 8.86. The number of ether oxygens (including phenoxy) is 2. The minimum Gasteiger partial charge on any atom is -0.494 e. The van der Waals surface area contributed by atoms with Crippen LogP contribution in [-0.4, -0.2) is 17.0 Å². The summed E-state index contributed by atoms with van der Waals surface area (Å²) in [6.07, 6.45) is 5.66. The second-order valence-corrected chi connectivity index (χ2v) is 8.05. The summed E-state index contributed by atoms with van der Waals surface area (Å²) in [6, 6.07) is 9.79. The Bertz CT molecular complexity index is 678. The molecular formula is C20H25BrCl2O2. The Morgan fingerprint density at radius 2 is 1.88 bits per heavy atom. The summed E-state index contributed by atoms with van der Waals surface area (Å²) >= 11 is 16.3. The van der Waals surface area contributed by atoms with E-state index in [1.165, 1.54) is 19.3 Å². The lowest BCUT2D eigenvalue weighted by Gasteiger charge is -2.18. The van der Waals surface area contributed by atoms with E-state index in [1.54, 1.807) is 0 Å². The Kier molecular flexibility index (Phi) is 8.68. The zero-order valence-electron chi connectivity index (χ0n) is 14.7. The fourth-order valence-corrected chi connectivity index (χ4v) is 3.19. The summed E-state index contributed by atoms with van der Waals surface area (Å²) in [7, 11) is 0. The van der Waals surface area contributed by atoms with Crippen molar-refractivity contribution in [2.75, 3.05) is 6.61 Å². The van der Waals surface area contributed by atoms with Crippen LogP contribution >= 0.6 is 39.1 Å². The Morgan fingerprint density at radius 3 is 2.60 bits per heavy atom. The van der Waals surface area contributed by atoms with E-state index in [1.807, 2.05) is 37.3 Å². The van der Waals surface area contributed by atoms with Crippen LogP contribution in [0.5, 0.6) is 11.5 Å². The third kappa shape index (κ3) is 5.94. The lowest BCUT2D eigenvalue weighted by atomic mass is 10.1. The molecule has 138 valence electrons. The van der Waals surface area contributed by atoms with Gasteiger partial charge < -0.3 is 9.47 Å². The zero-order valence-corrected chi connectivity index (χ0v) is 17.8. The summed E-state index contributed by atoms with van der Waals surface area (Å²) in [6.45, 7) is 5.00. The normalized spacial score (nSPS) is 13.6. The summed E-state index contributed by atoms with van der Waals surface area (Å²) in [5, 5.41) is 2.54. The van der Waals surface area contributed by atoms with Crippen molar-refractivity contribution in [2.24, 2.45) is 0 Å². The largest absolute Gasteiger partial charge is 0.494 e. The van der Waals surface area contributed by atoms with Crippen LogP contribution in [0.4, 0.5) is 0 Å². The van der Waals surface area contributed by atoms with E-state index in [2.05, 4.69) is 22.9 Å². The molecule has 0 amide bonds. The van der Waals surface area contributed by atoms with Gasteiger partial charge in [0.15, 0.2) is 5.56 Å². The predicted molar refractivity (Wildman–Crippen MR) is 112 cm³/mol. The highest BCUT2D eigenvalue weighted by atomic mass is 79.9. The summed E-state index contributed by atoms with van der Waals surface area (Å²) in [5.41, 5.74) is -0.467. The number of halogens is 3. The third-order valence-electron chi connectivity index (χ3n) is 4.07. The molecule has 2 nitrogen and oxygen atoms in total. The van der Waals surface area contributed by atoms with Crippen LogP contribution in [-0.2, 0) is 0 Å². The molecule has 2 rings (SSSR count). The van der Waals surface area contributed by atoms with Gasteiger partial charge in [-0.05, 0) is 42.5 Å². The fourth-order valence-electron chi connectivity index (χ4n) is 2.53. The van der Waals surface area contributed by atoms with Crippen molar-refractivity contribution in [2.45, 2.75) is 56.3 Å². The molecule has 0 bridgehead atoms. The van der Waals surface area contributed by atoms with Crippen molar-refractivity contribution < 1.29 is 9.47 Å². The van der Waals surface area contributed by atoms with Crippen LogP contribution in [0.15, 0.2) is 30.3 Å². The van der Waals surface area contributed by atoms with Gasteiger partial charge in [-0.3, -0.25) is 0 Å². The van der Waals surface area contributed by atoms with Gasteiger partial charge in [0.1, 0.15) is 11.5 Å². The number of unbranched alkanes of at least 4 members (excludes halogenated alkanes) is 3. The van der Waals surface area contributed by atoms with Crippen molar-refractivity contribution in [1.82, 2.24) is 0 Å². The maximum absolute atomic E-state index is 6.51. The van der Waals surface area contributed by atoms with Gasteiger partial charge in [0, 0.05) is 5.39 Å². The number of hydrogen-bond acceptors (Lipinski definition) is 2. The molecule has 2 aromatic carbocycles. The molecule has 0 saturated carbocycles. The molecule has 0 aliphatic heterocycles. The second kappa shape index (κ2) is 10.5. The lowest BCUT2D eigenvalue weighted by Crippen LogP contribution is -2.20. The lowest BCUT2D eigenvalue weighted by molar-refractivity contribution is 0.277. The third-order valence-corrected chi connectivity index (χ3v) is 6.29. The molecule has 0 saturated heterocycles. The molecule has 2 unspecified atom stereocenters. The van der Waals surface area contributed by atoms with Crippen molar-refractivity contribution in [3.8, 4) is 11.5 Å². The minimum atomic E-state index is -0.467. The minimum absolute atomic E-state index is 0.0735. The first kappa shape index (κ1) is 20.7. The maximum Gasteiger partial charge on any atom is 0.184 e. The monoisotopic (exact) mass is 446 g/mol. The first-order chi connectivity index (χ1) is 12.1. The molecule has 2 aromatic rings. The molecule has 0 aliphatic carbocycles. The molecule has 0 fully saturated rings. The van der Waals surface area contributed by atoms with Gasteiger partial charge in [-0.25, -0.2) is 0 Å². The Hall–Kier alpha value is -0.640. The molecule has 0 N–H and O–H groups in total. The van der Waals surface area contributed by atoms with Crippen LogP contribution < -0.4 is 9.47 Å². The first-order valence-corrected chi connectivity index (χ1v) is 10.6. The SMILES string of the molecule is CCCCCCOc1ccc2c(Cl)c(OC(Cl)C(Br)CC)ccc2c1. The number of rotatable bonds is 10. The van der Waals surface area contributed by atoms with E-state index >= 15 is 0 Å².